The van der Waals surface area contributed by atoms with E-state index in [9.17, 15) is 4.79 Å². The largest absolute Gasteiger partial charge is 0.334 e. The molecule has 1 amide bonds. The SMILES string of the molecule is O=C(CCc1ccncc1)N(Cc1cccnc1)Cc1cccnc1. The van der Waals surface area contributed by atoms with E-state index in [0.29, 0.717) is 25.9 Å². The minimum absolute atomic E-state index is 0.115. The molecule has 0 aliphatic rings. The summed E-state index contributed by atoms with van der Waals surface area (Å²) in [5, 5.41) is 0. The number of aromatic nitrogens is 3. The molecule has 25 heavy (non-hydrogen) atoms. The van der Waals surface area contributed by atoms with Crippen molar-refractivity contribution in [3.05, 3.63) is 90.3 Å². The fraction of sp³-hybridized carbons (Fsp3) is 0.200. The second-order valence-electron chi connectivity index (χ2n) is 5.83. The predicted molar refractivity (Wildman–Crippen MR) is 95.3 cm³/mol. The first-order valence-electron chi connectivity index (χ1n) is 8.26. The zero-order chi connectivity index (χ0) is 17.3. The highest BCUT2D eigenvalue weighted by atomic mass is 16.2. The average Bonchev–Trinajstić information content (AvgIpc) is 2.68. The summed E-state index contributed by atoms with van der Waals surface area (Å²) in [6.45, 7) is 1.08. The van der Waals surface area contributed by atoms with Crippen molar-refractivity contribution in [3.63, 3.8) is 0 Å². The van der Waals surface area contributed by atoms with Crippen LogP contribution in [0.5, 0.6) is 0 Å². The number of amides is 1. The molecule has 3 rings (SSSR count). The molecule has 3 aromatic heterocycles. The van der Waals surface area contributed by atoms with Crippen LogP contribution in [0.3, 0.4) is 0 Å². The zero-order valence-electron chi connectivity index (χ0n) is 14.0. The second-order valence-corrected chi connectivity index (χ2v) is 5.83. The number of carbonyl (C=O) groups excluding carboxylic acids is 1. The number of hydrogen-bond donors (Lipinski definition) is 0. The van der Waals surface area contributed by atoms with Crippen LogP contribution in [0.25, 0.3) is 0 Å². The van der Waals surface area contributed by atoms with E-state index < -0.39 is 0 Å². The van der Waals surface area contributed by atoms with Crippen molar-refractivity contribution in [2.45, 2.75) is 25.9 Å². The molecule has 0 radical (unpaired) electrons. The maximum absolute atomic E-state index is 12.8. The van der Waals surface area contributed by atoms with Crippen LogP contribution >= 0.6 is 0 Å². The van der Waals surface area contributed by atoms with Crippen molar-refractivity contribution >= 4 is 5.91 Å². The molecule has 0 saturated carbocycles. The number of nitrogens with zero attached hydrogens (tertiary/aromatic N) is 4. The van der Waals surface area contributed by atoms with Gasteiger partial charge in [-0.05, 0) is 47.4 Å². The summed E-state index contributed by atoms with van der Waals surface area (Å²) in [5.74, 6) is 0.115. The van der Waals surface area contributed by atoms with Gasteiger partial charge >= 0.3 is 0 Å². The average molecular weight is 332 g/mol. The predicted octanol–water partition coefficient (Wildman–Crippen LogP) is 3.03. The van der Waals surface area contributed by atoms with E-state index >= 15 is 0 Å². The van der Waals surface area contributed by atoms with Crippen LogP contribution in [0.1, 0.15) is 23.1 Å². The van der Waals surface area contributed by atoms with E-state index in [0.717, 1.165) is 16.7 Å². The van der Waals surface area contributed by atoms with Crippen LogP contribution in [-0.2, 0) is 24.3 Å². The van der Waals surface area contributed by atoms with Gasteiger partial charge < -0.3 is 4.90 Å². The maximum Gasteiger partial charge on any atom is 0.223 e. The lowest BCUT2D eigenvalue weighted by atomic mass is 10.1. The van der Waals surface area contributed by atoms with Crippen LogP contribution in [0.4, 0.5) is 0 Å². The summed E-state index contributed by atoms with van der Waals surface area (Å²) in [6, 6.07) is 11.6. The Kier molecular flexibility index (Phi) is 5.82. The molecular formula is C20H20N4O. The van der Waals surface area contributed by atoms with Gasteiger partial charge in [-0.2, -0.15) is 0 Å². The summed E-state index contributed by atoms with van der Waals surface area (Å²) < 4.78 is 0. The van der Waals surface area contributed by atoms with E-state index in [-0.39, 0.29) is 5.91 Å². The topological polar surface area (TPSA) is 59.0 Å². The summed E-state index contributed by atoms with van der Waals surface area (Å²) in [7, 11) is 0. The van der Waals surface area contributed by atoms with E-state index in [1.54, 1.807) is 37.2 Å². The molecule has 5 nitrogen and oxygen atoms in total. The molecule has 0 bridgehead atoms. The Hall–Kier alpha value is -3.08. The highest BCUT2D eigenvalue weighted by Crippen LogP contribution is 2.12. The maximum atomic E-state index is 12.8. The van der Waals surface area contributed by atoms with E-state index in [4.69, 9.17) is 0 Å². The number of carbonyl (C=O) groups is 1. The third-order valence-electron chi connectivity index (χ3n) is 3.92. The fourth-order valence-corrected chi connectivity index (χ4v) is 2.62. The molecule has 3 heterocycles. The van der Waals surface area contributed by atoms with Gasteiger partial charge in [0.15, 0.2) is 0 Å². The molecule has 0 N–H and O–H groups in total. The molecule has 0 saturated heterocycles. The van der Waals surface area contributed by atoms with Crippen molar-refractivity contribution in [3.8, 4) is 0 Å². The standard InChI is InChI=1S/C20H20N4O/c25-20(6-5-17-7-11-21-12-8-17)24(15-18-3-1-9-22-13-18)16-19-4-2-10-23-14-19/h1-4,7-14H,5-6,15-16H2. The van der Waals surface area contributed by atoms with Crippen LogP contribution in [0.2, 0.25) is 0 Å². The molecule has 0 atom stereocenters. The quantitative estimate of drug-likeness (QED) is 0.667. The van der Waals surface area contributed by atoms with Crippen LogP contribution in [0, 0.1) is 0 Å². The molecule has 3 aromatic rings. The van der Waals surface area contributed by atoms with Gasteiger partial charge in [0.2, 0.25) is 5.91 Å². The van der Waals surface area contributed by atoms with Crippen molar-refractivity contribution in [1.82, 2.24) is 19.9 Å². The third-order valence-corrected chi connectivity index (χ3v) is 3.92. The van der Waals surface area contributed by atoms with E-state index in [2.05, 4.69) is 15.0 Å². The Bertz CT molecular complexity index is 737. The van der Waals surface area contributed by atoms with Crippen LogP contribution in [-0.4, -0.2) is 25.8 Å². The lowest BCUT2D eigenvalue weighted by Gasteiger charge is -2.23. The van der Waals surface area contributed by atoms with Gasteiger partial charge in [-0.3, -0.25) is 19.7 Å². The highest BCUT2D eigenvalue weighted by molar-refractivity contribution is 5.76. The Morgan fingerprint density at radius 1 is 0.760 bits per heavy atom. The minimum atomic E-state index is 0.115. The minimum Gasteiger partial charge on any atom is -0.334 e. The smallest absolute Gasteiger partial charge is 0.223 e. The molecular weight excluding hydrogens is 312 g/mol. The normalized spacial score (nSPS) is 10.4. The summed E-state index contributed by atoms with van der Waals surface area (Å²) in [6.07, 6.45) is 11.7. The Labute approximate surface area is 147 Å². The monoisotopic (exact) mass is 332 g/mol. The third kappa shape index (κ3) is 5.21. The first kappa shape index (κ1) is 16.8. The fourth-order valence-electron chi connectivity index (χ4n) is 2.62. The Balaban J connectivity index is 1.69. The van der Waals surface area contributed by atoms with Gasteiger partial charge in [0.1, 0.15) is 0 Å². The lowest BCUT2D eigenvalue weighted by Crippen LogP contribution is -2.30. The number of rotatable bonds is 7. The molecule has 0 unspecified atom stereocenters. The zero-order valence-corrected chi connectivity index (χ0v) is 14.0. The Morgan fingerprint density at radius 2 is 1.36 bits per heavy atom. The van der Waals surface area contributed by atoms with Crippen LogP contribution in [0.15, 0.2) is 73.6 Å². The number of hydrogen-bond acceptors (Lipinski definition) is 4. The van der Waals surface area contributed by atoms with Crippen molar-refractivity contribution in [1.29, 1.82) is 0 Å². The van der Waals surface area contributed by atoms with E-state index in [1.165, 1.54) is 0 Å². The summed E-state index contributed by atoms with van der Waals surface area (Å²) in [4.78, 5) is 26.9. The summed E-state index contributed by atoms with van der Waals surface area (Å²) in [5.41, 5.74) is 3.15. The Morgan fingerprint density at radius 3 is 1.88 bits per heavy atom. The summed E-state index contributed by atoms with van der Waals surface area (Å²) >= 11 is 0. The van der Waals surface area contributed by atoms with E-state index in [1.807, 2.05) is 41.3 Å². The van der Waals surface area contributed by atoms with Crippen LogP contribution < -0.4 is 0 Å². The van der Waals surface area contributed by atoms with Gasteiger partial charge in [0, 0.05) is 56.7 Å². The van der Waals surface area contributed by atoms with Gasteiger partial charge in [0.05, 0.1) is 0 Å². The van der Waals surface area contributed by atoms with Gasteiger partial charge in [0.25, 0.3) is 0 Å². The number of pyridine rings is 3. The molecule has 0 aliphatic heterocycles. The molecule has 0 aromatic carbocycles. The molecule has 0 aliphatic carbocycles. The van der Waals surface area contributed by atoms with Gasteiger partial charge in [-0.1, -0.05) is 12.1 Å². The van der Waals surface area contributed by atoms with Crippen molar-refractivity contribution < 1.29 is 4.79 Å². The molecule has 5 heteroatoms. The van der Waals surface area contributed by atoms with Gasteiger partial charge in [-0.25, -0.2) is 0 Å². The number of aryl methyl sites for hydroxylation is 1. The first-order chi connectivity index (χ1) is 12.3. The highest BCUT2D eigenvalue weighted by Gasteiger charge is 2.15. The second kappa shape index (κ2) is 8.68. The molecule has 0 fully saturated rings. The van der Waals surface area contributed by atoms with Crippen molar-refractivity contribution in [2.75, 3.05) is 0 Å². The van der Waals surface area contributed by atoms with Gasteiger partial charge in [-0.15, -0.1) is 0 Å². The first-order valence-corrected chi connectivity index (χ1v) is 8.26. The molecule has 0 spiro atoms. The van der Waals surface area contributed by atoms with Crippen molar-refractivity contribution in [2.24, 2.45) is 0 Å². The molecule has 126 valence electrons. The lowest BCUT2D eigenvalue weighted by molar-refractivity contribution is -0.132.